The minimum atomic E-state index is 0.217. The van der Waals surface area contributed by atoms with E-state index in [-0.39, 0.29) is 5.92 Å². The van der Waals surface area contributed by atoms with Gasteiger partial charge in [-0.3, -0.25) is 4.79 Å². The van der Waals surface area contributed by atoms with Gasteiger partial charge in [0.05, 0.1) is 6.04 Å². The molecule has 1 saturated carbocycles. The summed E-state index contributed by atoms with van der Waals surface area (Å²) in [5.74, 6) is 1.65. The van der Waals surface area contributed by atoms with Crippen LogP contribution in [-0.4, -0.2) is 38.0 Å². The lowest BCUT2D eigenvalue weighted by atomic mass is 9.84. The molecule has 0 N–H and O–H groups in total. The van der Waals surface area contributed by atoms with E-state index in [1.807, 2.05) is 13.1 Å². The largest absolute Gasteiger partial charge is 0.351 e. The number of amides is 1. The standard InChI is InChI=1S/C20H28N4O/c1-16-21-10-14-24(16)19-5-4-13-23(15-19)20(25)17-6-8-18(9-7-17)22-11-2-3-12-22/h2-3,10-12,14,17-19H,4-9,13,15H2,1H3/t17?,18?,19-/m1/s1. The summed E-state index contributed by atoms with van der Waals surface area (Å²) in [5, 5.41) is 0. The summed E-state index contributed by atoms with van der Waals surface area (Å²) in [6.07, 6.45) is 14.7. The van der Waals surface area contributed by atoms with Gasteiger partial charge in [0, 0.05) is 49.8 Å². The molecule has 0 bridgehead atoms. The summed E-state index contributed by atoms with van der Waals surface area (Å²) in [6, 6.07) is 5.13. The van der Waals surface area contributed by atoms with E-state index in [4.69, 9.17) is 0 Å². The van der Waals surface area contributed by atoms with Crippen molar-refractivity contribution in [3.63, 3.8) is 0 Å². The molecule has 1 saturated heterocycles. The average molecular weight is 340 g/mol. The highest BCUT2D eigenvalue weighted by Crippen LogP contribution is 2.34. The quantitative estimate of drug-likeness (QED) is 0.857. The Kier molecular flexibility index (Phi) is 4.64. The fourth-order valence-corrected chi connectivity index (χ4v) is 4.63. The topological polar surface area (TPSA) is 43.1 Å². The first kappa shape index (κ1) is 16.4. The maximum Gasteiger partial charge on any atom is 0.225 e. The van der Waals surface area contributed by atoms with Gasteiger partial charge in [0.25, 0.3) is 0 Å². The monoisotopic (exact) mass is 340 g/mol. The first-order chi connectivity index (χ1) is 12.2. The number of rotatable bonds is 3. The lowest BCUT2D eigenvalue weighted by Gasteiger charge is -2.37. The molecule has 5 nitrogen and oxygen atoms in total. The van der Waals surface area contributed by atoms with Crippen LogP contribution in [0.2, 0.25) is 0 Å². The summed E-state index contributed by atoms with van der Waals surface area (Å²) in [4.78, 5) is 19.5. The van der Waals surface area contributed by atoms with Gasteiger partial charge in [-0.25, -0.2) is 4.98 Å². The number of imidazole rings is 1. The highest BCUT2D eigenvalue weighted by Gasteiger charge is 2.32. The van der Waals surface area contributed by atoms with Crippen molar-refractivity contribution >= 4 is 5.91 Å². The summed E-state index contributed by atoms with van der Waals surface area (Å²) < 4.78 is 4.54. The van der Waals surface area contributed by atoms with E-state index in [0.717, 1.165) is 57.4 Å². The molecule has 0 unspecified atom stereocenters. The van der Waals surface area contributed by atoms with E-state index in [2.05, 4.69) is 49.7 Å². The third-order valence-electron chi connectivity index (χ3n) is 6.06. The highest BCUT2D eigenvalue weighted by atomic mass is 16.2. The fraction of sp³-hybridized carbons (Fsp3) is 0.600. The predicted octanol–water partition coefficient (Wildman–Crippen LogP) is 3.59. The number of carbonyl (C=O) groups excluding carboxylic acids is 1. The Morgan fingerprint density at radius 1 is 1.04 bits per heavy atom. The Hall–Kier alpha value is -2.04. The Morgan fingerprint density at radius 2 is 1.80 bits per heavy atom. The van der Waals surface area contributed by atoms with E-state index in [1.54, 1.807) is 0 Å². The van der Waals surface area contributed by atoms with Gasteiger partial charge in [0.2, 0.25) is 5.91 Å². The number of hydrogen-bond acceptors (Lipinski definition) is 2. The van der Waals surface area contributed by atoms with Crippen LogP contribution in [-0.2, 0) is 4.79 Å². The molecule has 1 aliphatic carbocycles. The number of nitrogens with zero attached hydrogens (tertiary/aromatic N) is 4. The average Bonchev–Trinajstić information content (AvgIpc) is 3.33. The molecule has 2 fully saturated rings. The van der Waals surface area contributed by atoms with Crippen molar-refractivity contribution in [1.82, 2.24) is 19.0 Å². The van der Waals surface area contributed by atoms with Crippen molar-refractivity contribution in [2.75, 3.05) is 13.1 Å². The first-order valence-electron chi connectivity index (χ1n) is 9.63. The Bertz CT molecular complexity index is 697. The summed E-state index contributed by atoms with van der Waals surface area (Å²) in [7, 11) is 0. The summed E-state index contributed by atoms with van der Waals surface area (Å²) in [6.45, 7) is 3.80. The SMILES string of the molecule is Cc1nccn1[C@@H]1CCCN(C(=O)C2CCC(n3cccc3)CC2)C1. The van der Waals surface area contributed by atoms with Gasteiger partial charge in [-0.2, -0.15) is 0 Å². The minimum Gasteiger partial charge on any atom is -0.351 e. The number of likely N-dealkylation sites (tertiary alicyclic amines) is 1. The van der Waals surface area contributed by atoms with E-state index >= 15 is 0 Å². The Morgan fingerprint density at radius 3 is 2.48 bits per heavy atom. The second-order valence-electron chi connectivity index (χ2n) is 7.60. The van der Waals surface area contributed by atoms with Crippen LogP contribution >= 0.6 is 0 Å². The molecule has 0 spiro atoms. The van der Waals surface area contributed by atoms with Gasteiger partial charge in [-0.05, 0) is 57.6 Å². The molecule has 1 aliphatic heterocycles. The summed E-state index contributed by atoms with van der Waals surface area (Å²) in [5.41, 5.74) is 0. The lowest BCUT2D eigenvalue weighted by Crippen LogP contribution is -2.44. The van der Waals surface area contributed by atoms with Crippen molar-refractivity contribution < 1.29 is 4.79 Å². The lowest BCUT2D eigenvalue weighted by molar-refractivity contribution is -0.138. The molecule has 5 heteroatoms. The van der Waals surface area contributed by atoms with Gasteiger partial charge >= 0.3 is 0 Å². The van der Waals surface area contributed by atoms with Gasteiger partial charge in [-0.1, -0.05) is 0 Å². The van der Waals surface area contributed by atoms with Gasteiger partial charge in [0.15, 0.2) is 0 Å². The third kappa shape index (κ3) is 3.37. The van der Waals surface area contributed by atoms with Crippen LogP contribution in [0, 0.1) is 12.8 Å². The number of carbonyl (C=O) groups is 1. The second-order valence-corrected chi connectivity index (χ2v) is 7.60. The smallest absolute Gasteiger partial charge is 0.225 e. The Labute approximate surface area is 149 Å². The molecule has 3 heterocycles. The number of aromatic nitrogens is 3. The molecule has 2 aliphatic rings. The maximum absolute atomic E-state index is 13.0. The zero-order valence-corrected chi connectivity index (χ0v) is 15.1. The van der Waals surface area contributed by atoms with Gasteiger partial charge in [0.1, 0.15) is 5.82 Å². The zero-order valence-electron chi connectivity index (χ0n) is 15.1. The van der Waals surface area contributed by atoms with Crippen LogP contribution in [0.5, 0.6) is 0 Å². The van der Waals surface area contributed by atoms with E-state index in [9.17, 15) is 4.79 Å². The number of piperidine rings is 1. The molecule has 0 aromatic carbocycles. The van der Waals surface area contributed by atoms with Gasteiger partial charge in [-0.15, -0.1) is 0 Å². The van der Waals surface area contributed by atoms with Crippen LogP contribution in [0.1, 0.15) is 56.4 Å². The van der Waals surface area contributed by atoms with Crippen LogP contribution in [0.15, 0.2) is 36.9 Å². The molecule has 2 aromatic rings. The number of aryl methyl sites for hydroxylation is 1. The van der Waals surface area contributed by atoms with E-state index in [1.165, 1.54) is 0 Å². The fourth-order valence-electron chi connectivity index (χ4n) is 4.63. The first-order valence-corrected chi connectivity index (χ1v) is 9.63. The molecule has 4 rings (SSSR count). The maximum atomic E-state index is 13.0. The molecule has 0 radical (unpaired) electrons. The molecule has 2 aromatic heterocycles. The van der Waals surface area contributed by atoms with Crippen molar-refractivity contribution in [2.24, 2.45) is 5.92 Å². The molecule has 1 amide bonds. The second kappa shape index (κ2) is 7.06. The van der Waals surface area contributed by atoms with Crippen LogP contribution in [0.25, 0.3) is 0 Å². The molecular formula is C20H28N4O. The number of hydrogen-bond donors (Lipinski definition) is 0. The third-order valence-corrected chi connectivity index (χ3v) is 6.06. The molecule has 1 atom stereocenters. The van der Waals surface area contributed by atoms with Crippen LogP contribution in [0.3, 0.4) is 0 Å². The predicted molar refractivity (Wildman–Crippen MR) is 97.2 cm³/mol. The van der Waals surface area contributed by atoms with Gasteiger partial charge < -0.3 is 14.0 Å². The molecule has 25 heavy (non-hydrogen) atoms. The molecule has 134 valence electrons. The van der Waals surface area contributed by atoms with Crippen molar-refractivity contribution in [1.29, 1.82) is 0 Å². The van der Waals surface area contributed by atoms with Crippen molar-refractivity contribution in [3.05, 3.63) is 42.7 Å². The van der Waals surface area contributed by atoms with Crippen LogP contribution < -0.4 is 0 Å². The van der Waals surface area contributed by atoms with Crippen LogP contribution in [0.4, 0.5) is 0 Å². The zero-order chi connectivity index (χ0) is 17.2. The van der Waals surface area contributed by atoms with E-state index < -0.39 is 0 Å². The highest BCUT2D eigenvalue weighted by molar-refractivity contribution is 5.79. The van der Waals surface area contributed by atoms with E-state index in [0.29, 0.717) is 18.0 Å². The normalized spacial score (nSPS) is 27.4. The molecular weight excluding hydrogens is 312 g/mol. The Balaban J connectivity index is 1.36. The minimum absolute atomic E-state index is 0.217. The van der Waals surface area contributed by atoms with Crippen molar-refractivity contribution in [2.45, 2.75) is 57.5 Å². The van der Waals surface area contributed by atoms with Crippen molar-refractivity contribution in [3.8, 4) is 0 Å². The summed E-state index contributed by atoms with van der Waals surface area (Å²) >= 11 is 0.